The van der Waals surface area contributed by atoms with Crippen molar-refractivity contribution in [3.05, 3.63) is 24.4 Å². The lowest BCUT2D eigenvalue weighted by atomic mass is 9.83. The van der Waals surface area contributed by atoms with Crippen molar-refractivity contribution >= 4 is 0 Å². The van der Waals surface area contributed by atoms with E-state index in [-0.39, 0.29) is 0 Å². The molecule has 9 heavy (non-hydrogen) atoms. The van der Waals surface area contributed by atoms with Crippen LogP contribution in [0.3, 0.4) is 0 Å². The SMILES string of the molecule is [CH]1CCC1c1cc[nH]n1. The molecule has 0 aliphatic heterocycles. The molecule has 0 aromatic carbocycles. The molecule has 1 aliphatic carbocycles. The molecule has 1 atom stereocenters. The number of nitrogens with zero attached hydrogens (tertiary/aromatic N) is 1. The Kier molecular flexibility index (Phi) is 1.04. The second kappa shape index (κ2) is 1.87. The fourth-order valence-corrected chi connectivity index (χ4v) is 1.08. The van der Waals surface area contributed by atoms with E-state index in [1.807, 2.05) is 12.3 Å². The number of nitrogens with one attached hydrogen (secondary N) is 1. The third kappa shape index (κ3) is 0.745. The highest BCUT2D eigenvalue weighted by molar-refractivity contribution is 5.15. The number of hydrogen-bond acceptors (Lipinski definition) is 1. The molecule has 1 saturated carbocycles. The van der Waals surface area contributed by atoms with Gasteiger partial charge in [0.05, 0.1) is 5.69 Å². The van der Waals surface area contributed by atoms with E-state index in [0.717, 1.165) is 0 Å². The summed E-state index contributed by atoms with van der Waals surface area (Å²) in [7, 11) is 0. The van der Waals surface area contributed by atoms with Crippen LogP contribution in [0.4, 0.5) is 0 Å². The fourth-order valence-electron chi connectivity index (χ4n) is 1.08. The molecule has 1 N–H and O–H groups in total. The Morgan fingerprint density at radius 2 is 2.56 bits per heavy atom. The van der Waals surface area contributed by atoms with Gasteiger partial charge in [-0.05, 0) is 25.3 Å². The van der Waals surface area contributed by atoms with E-state index in [1.165, 1.54) is 18.5 Å². The molecule has 0 bridgehead atoms. The van der Waals surface area contributed by atoms with Gasteiger partial charge in [-0.2, -0.15) is 5.10 Å². The van der Waals surface area contributed by atoms with E-state index < -0.39 is 0 Å². The monoisotopic (exact) mass is 121 g/mol. The van der Waals surface area contributed by atoms with Crippen LogP contribution in [0.5, 0.6) is 0 Å². The van der Waals surface area contributed by atoms with E-state index in [0.29, 0.717) is 5.92 Å². The summed E-state index contributed by atoms with van der Waals surface area (Å²) in [6.45, 7) is 0. The van der Waals surface area contributed by atoms with E-state index >= 15 is 0 Å². The molecule has 0 spiro atoms. The van der Waals surface area contributed by atoms with Crippen molar-refractivity contribution in [2.24, 2.45) is 0 Å². The Hall–Kier alpha value is -0.790. The maximum Gasteiger partial charge on any atom is 0.0655 e. The van der Waals surface area contributed by atoms with Gasteiger partial charge >= 0.3 is 0 Å². The second-order valence-corrected chi connectivity index (χ2v) is 2.42. The van der Waals surface area contributed by atoms with Crippen molar-refractivity contribution in [1.29, 1.82) is 0 Å². The standard InChI is InChI=1S/C7H9N2/c1-2-6(3-1)7-4-5-8-9-7/h2,4-6H,1,3H2,(H,8,9). The molecule has 1 aromatic heterocycles. The zero-order valence-electron chi connectivity index (χ0n) is 5.17. The van der Waals surface area contributed by atoms with Gasteiger partial charge in [-0.3, -0.25) is 5.10 Å². The van der Waals surface area contributed by atoms with Crippen molar-refractivity contribution in [3.8, 4) is 0 Å². The van der Waals surface area contributed by atoms with Crippen LogP contribution in [-0.2, 0) is 0 Å². The molecule has 0 saturated heterocycles. The summed E-state index contributed by atoms with van der Waals surface area (Å²) < 4.78 is 0. The van der Waals surface area contributed by atoms with Crippen LogP contribution >= 0.6 is 0 Å². The number of rotatable bonds is 1. The Morgan fingerprint density at radius 3 is 3.00 bits per heavy atom. The first-order valence-electron chi connectivity index (χ1n) is 3.30. The second-order valence-electron chi connectivity index (χ2n) is 2.42. The number of hydrogen-bond donors (Lipinski definition) is 1. The molecule has 1 aromatic rings. The quantitative estimate of drug-likeness (QED) is 0.599. The van der Waals surface area contributed by atoms with Gasteiger partial charge in [-0.1, -0.05) is 0 Å². The van der Waals surface area contributed by atoms with Crippen LogP contribution in [0.15, 0.2) is 12.3 Å². The van der Waals surface area contributed by atoms with Crippen LogP contribution in [0.1, 0.15) is 24.5 Å². The first-order valence-corrected chi connectivity index (χ1v) is 3.30. The number of aromatic nitrogens is 2. The first kappa shape index (κ1) is 5.03. The summed E-state index contributed by atoms with van der Waals surface area (Å²) >= 11 is 0. The summed E-state index contributed by atoms with van der Waals surface area (Å²) in [6, 6.07) is 2.04. The molecule has 2 rings (SSSR count). The van der Waals surface area contributed by atoms with Gasteiger partial charge in [0.2, 0.25) is 0 Å². The Labute approximate surface area is 54.3 Å². The molecule has 0 amide bonds. The average Bonchev–Trinajstić information content (AvgIpc) is 2.11. The Balaban J connectivity index is 2.14. The third-order valence-electron chi connectivity index (χ3n) is 1.83. The van der Waals surface area contributed by atoms with Gasteiger partial charge < -0.3 is 0 Å². The van der Waals surface area contributed by atoms with Crippen molar-refractivity contribution in [2.75, 3.05) is 0 Å². The zero-order chi connectivity index (χ0) is 6.10. The molecule has 1 heterocycles. The molecule has 1 fully saturated rings. The number of aromatic amines is 1. The molecule has 1 unspecified atom stereocenters. The van der Waals surface area contributed by atoms with E-state index in [9.17, 15) is 0 Å². The van der Waals surface area contributed by atoms with Crippen molar-refractivity contribution in [1.82, 2.24) is 10.2 Å². The maximum atomic E-state index is 4.08. The largest absolute Gasteiger partial charge is 0.285 e. The Morgan fingerprint density at radius 1 is 1.67 bits per heavy atom. The van der Waals surface area contributed by atoms with Crippen molar-refractivity contribution in [3.63, 3.8) is 0 Å². The maximum absolute atomic E-state index is 4.08. The van der Waals surface area contributed by atoms with Crippen molar-refractivity contribution < 1.29 is 0 Å². The van der Waals surface area contributed by atoms with E-state index in [2.05, 4.69) is 16.6 Å². The van der Waals surface area contributed by atoms with Gasteiger partial charge in [-0.15, -0.1) is 0 Å². The summed E-state index contributed by atoms with van der Waals surface area (Å²) in [6.07, 6.45) is 6.72. The minimum Gasteiger partial charge on any atom is -0.285 e. The lowest BCUT2D eigenvalue weighted by molar-refractivity contribution is 0.540. The van der Waals surface area contributed by atoms with E-state index in [1.54, 1.807) is 0 Å². The average molecular weight is 121 g/mol. The van der Waals surface area contributed by atoms with Gasteiger partial charge in [0, 0.05) is 12.1 Å². The Bertz CT molecular complexity index is 175. The zero-order valence-corrected chi connectivity index (χ0v) is 5.17. The smallest absolute Gasteiger partial charge is 0.0655 e. The molecule has 1 aliphatic rings. The minimum atomic E-state index is 0.649. The predicted octanol–water partition coefficient (Wildman–Crippen LogP) is 1.49. The molecule has 1 radical (unpaired) electrons. The molecular formula is C7H9N2. The molecule has 2 heteroatoms. The van der Waals surface area contributed by atoms with Crippen LogP contribution < -0.4 is 0 Å². The highest BCUT2D eigenvalue weighted by Gasteiger charge is 2.20. The first-order chi connectivity index (χ1) is 4.47. The van der Waals surface area contributed by atoms with Crippen LogP contribution in [0.2, 0.25) is 0 Å². The summed E-state index contributed by atoms with van der Waals surface area (Å²) in [5.74, 6) is 0.649. The normalized spacial score (nSPS) is 19.6. The summed E-state index contributed by atoms with van der Waals surface area (Å²) in [4.78, 5) is 0. The fraction of sp³-hybridized carbons (Fsp3) is 0.429. The lowest BCUT2D eigenvalue weighted by Gasteiger charge is -2.22. The summed E-state index contributed by atoms with van der Waals surface area (Å²) in [5.41, 5.74) is 1.20. The van der Waals surface area contributed by atoms with Crippen LogP contribution in [0, 0.1) is 6.42 Å². The summed E-state index contributed by atoms with van der Waals surface area (Å²) in [5, 5.41) is 6.89. The highest BCUT2D eigenvalue weighted by atomic mass is 15.1. The number of H-pyrrole nitrogens is 1. The lowest BCUT2D eigenvalue weighted by Crippen LogP contribution is -2.09. The van der Waals surface area contributed by atoms with Crippen LogP contribution in [0.25, 0.3) is 0 Å². The van der Waals surface area contributed by atoms with Gasteiger partial charge in [0.1, 0.15) is 0 Å². The predicted molar refractivity (Wildman–Crippen MR) is 34.9 cm³/mol. The van der Waals surface area contributed by atoms with Gasteiger partial charge in [-0.25, -0.2) is 0 Å². The third-order valence-corrected chi connectivity index (χ3v) is 1.83. The molecular weight excluding hydrogens is 112 g/mol. The molecule has 47 valence electrons. The highest BCUT2D eigenvalue weighted by Crippen LogP contribution is 2.33. The van der Waals surface area contributed by atoms with E-state index in [4.69, 9.17) is 0 Å². The minimum absolute atomic E-state index is 0.649. The molecule has 2 nitrogen and oxygen atoms in total. The van der Waals surface area contributed by atoms with Gasteiger partial charge in [0.25, 0.3) is 0 Å². The van der Waals surface area contributed by atoms with Crippen molar-refractivity contribution in [2.45, 2.75) is 18.8 Å². The topological polar surface area (TPSA) is 28.7 Å². The van der Waals surface area contributed by atoms with Crippen LogP contribution in [-0.4, -0.2) is 10.2 Å². The van der Waals surface area contributed by atoms with Gasteiger partial charge in [0.15, 0.2) is 0 Å².